The standard InChI is InChI=1S/C22H25N3O7S.2Na/c1-9-16-15(10(2)26)20(28)25(16)17(22(31)32)18(9)33-13-7-14(23-8-13)19(27)24-12-5-3-4-11(6-12)21(29)30;;/h3-6,9-10,13-16,23,26H,7-8H2,1-2H3,(H,24,27)(H,29,30)(H,31,32);;/q;2*+1/p-2. The van der Waals surface area contributed by atoms with Gasteiger partial charge in [-0.2, -0.15) is 0 Å². The fourth-order valence-electron chi connectivity index (χ4n) is 4.79. The van der Waals surface area contributed by atoms with Crippen molar-refractivity contribution in [2.45, 2.75) is 43.7 Å². The molecule has 1 aromatic rings. The van der Waals surface area contributed by atoms with Crippen LogP contribution < -0.4 is 80.0 Å². The largest absolute Gasteiger partial charge is 1.00 e. The Hall–Kier alpha value is -0.890. The number of nitrogens with one attached hydrogen (secondary N) is 2. The number of carbonyl (C=O) groups excluding carboxylic acids is 4. The maximum atomic E-state index is 12.6. The molecule has 1 aromatic carbocycles. The number of amides is 2. The van der Waals surface area contributed by atoms with Crippen LogP contribution in [0, 0.1) is 11.8 Å². The summed E-state index contributed by atoms with van der Waals surface area (Å²) in [6, 6.07) is 4.78. The molecule has 0 bridgehead atoms. The Balaban J connectivity index is 0.00000216. The molecule has 13 heteroatoms. The second kappa shape index (κ2) is 12.1. The van der Waals surface area contributed by atoms with Gasteiger partial charge in [0.25, 0.3) is 0 Å². The number of aliphatic carboxylic acids is 1. The Bertz CT molecular complexity index is 1070. The molecular weight excluding hydrogens is 496 g/mol. The van der Waals surface area contributed by atoms with Crippen LogP contribution in [0.3, 0.4) is 0 Å². The number of aliphatic hydroxyl groups excluding tert-OH is 1. The van der Waals surface area contributed by atoms with Gasteiger partial charge in [0.05, 0.1) is 41.7 Å². The van der Waals surface area contributed by atoms with E-state index in [-0.39, 0.29) is 87.5 Å². The van der Waals surface area contributed by atoms with Crippen molar-refractivity contribution in [1.82, 2.24) is 10.2 Å². The fourth-order valence-corrected chi connectivity index (χ4v) is 6.27. The number of hydrogen-bond donors (Lipinski definition) is 3. The Labute approximate surface area is 250 Å². The van der Waals surface area contributed by atoms with Crippen LogP contribution in [0.25, 0.3) is 0 Å². The molecule has 35 heavy (non-hydrogen) atoms. The van der Waals surface area contributed by atoms with Crippen LogP contribution in [0.1, 0.15) is 30.6 Å². The monoisotopic (exact) mass is 519 g/mol. The van der Waals surface area contributed by atoms with Gasteiger partial charge in [0.2, 0.25) is 11.8 Å². The molecule has 6 unspecified atom stereocenters. The van der Waals surface area contributed by atoms with Gasteiger partial charge in [-0.1, -0.05) is 19.1 Å². The van der Waals surface area contributed by atoms with Gasteiger partial charge < -0.3 is 40.4 Å². The molecule has 3 heterocycles. The number of carboxylic acids is 2. The van der Waals surface area contributed by atoms with Crippen molar-refractivity contribution in [2.24, 2.45) is 11.8 Å². The first-order chi connectivity index (χ1) is 15.6. The van der Waals surface area contributed by atoms with Gasteiger partial charge in [-0.3, -0.25) is 9.59 Å². The van der Waals surface area contributed by atoms with E-state index in [1.165, 1.54) is 41.8 Å². The van der Waals surface area contributed by atoms with Gasteiger partial charge in [-0.15, -0.1) is 11.8 Å². The Morgan fingerprint density at radius 1 is 1.23 bits per heavy atom. The topological polar surface area (TPSA) is 162 Å². The summed E-state index contributed by atoms with van der Waals surface area (Å²) in [4.78, 5) is 49.7. The van der Waals surface area contributed by atoms with Crippen molar-refractivity contribution < 1.29 is 93.6 Å². The maximum absolute atomic E-state index is 12.6. The van der Waals surface area contributed by atoms with Crippen LogP contribution in [0.4, 0.5) is 5.69 Å². The number of carboxylic acid groups (broad SMARTS) is 2. The molecule has 0 radical (unpaired) electrons. The molecule has 10 nitrogen and oxygen atoms in total. The van der Waals surface area contributed by atoms with Gasteiger partial charge in [0, 0.05) is 28.3 Å². The minimum atomic E-state index is -1.43. The molecule has 0 saturated carbocycles. The van der Waals surface area contributed by atoms with E-state index < -0.39 is 42.0 Å². The third kappa shape index (κ3) is 5.83. The number of anilines is 1. The summed E-state index contributed by atoms with van der Waals surface area (Å²) in [7, 11) is 0. The van der Waals surface area contributed by atoms with Gasteiger partial charge in [0.1, 0.15) is 0 Å². The van der Waals surface area contributed by atoms with E-state index >= 15 is 0 Å². The van der Waals surface area contributed by atoms with Gasteiger partial charge >= 0.3 is 59.1 Å². The maximum Gasteiger partial charge on any atom is 1.00 e. The number of nitrogens with zero attached hydrogens (tertiary/aromatic N) is 1. The molecule has 2 fully saturated rings. The first-order valence-corrected chi connectivity index (χ1v) is 11.5. The summed E-state index contributed by atoms with van der Waals surface area (Å²) in [6.45, 7) is 3.79. The normalized spacial score (nSPS) is 27.8. The molecule has 0 aliphatic carbocycles. The molecule has 0 spiro atoms. The molecular formula is C22H23N3Na2O7S. The summed E-state index contributed by atoms with van der Waals surface area (Å²) in [5.74, 6) is -4.46. The summed E-state index contributed by atoms with van der Waals surface area (Å²) >= 11 is 1.31. The summed E-state index contributed by atoms with van der Waals surface area (Å²) < 4.78 is 0. The van der Waals surface area contributed by atoms with E-state index in [2.05, 4.69) is 10.6 Å². The molecule has 0 aromatic heterocycles. The molecule has 2 amide bonds. The van der Waals surface area contributed by atoms with Crippen LogP contribution in [0.15, 0.2) is 34.9 Å². The van der Waals surface area contributed by atoms with E-state index in [4.69, 9.17) is 0 Å². The van der Waals surface area contributed by atoms with E-state index in [0.29, 0.717) is 23.6 Å². The second-order valence-corrected chi connectivity index (χ2v) is 9.89. The van der Waals surface area contributed by atoms with Gasteiger partial charge in [-0.25, -0.2) is 0 Å². The van der Waals surface area contributed by atoms with E-state index in [1.54, 1.807) is 6.07 Å². The number of aromatic carboxylic acids is 1. The Morgan fingerprint density at radius 3 is 2.51 bits per heavy atom. The van der Waals surface area contributed by atoms with Crippen molar-refractivity contribution in [2.75, 3.05) is 11.9 Å². The SMILES string of the molecule is CC(O)C1C(=O)N2C(C(=O)[O-])=C(SC3CNC(C(=O)Nc4cccc(C(=O)[O-])c4)C3)C(C)C12.[Na+].[Na+]. The summed E-state index contributed by atoms with van der Waals surface area (Å²) in [5.41, 5.74) is 0.136. The Kier molecular flexibility index (Phi) is 10.5. The van der Waals surface area contributed by atoms with Crippen LogP contribution in [-0.2, 0) is 14.4 Å². The van der Waals surface area contributed by atoms with Crippen molar-refractivity contribution in [3.63, 3.8) is 0 Å². The van der Waals surface area contributed by atoms with Gasteiger partial charge in [-0.05, 0) is 31.0 Å². The smallest absolute Gasteiger partial charge is 0.545 e. The number of β-lactam (4-membered cyclic amide) rings is 1. The van der Waals surface area contributed by atoms with Gasteiger partial charge in [0.15, 0.2) is 0 Å². The number of aliphatic hydroxyl groups is 1. The predicted molar refractivity (Wildman–Crippen MR) is 114 cm³/mol. The zero-order chi connectivity index (χ0) is 24.0. The molecule has 2 saturated heterocycles. The average molecular weight is 519 g/mol. The van der Waals surface area contributed by atoms with Crippen molar-refractivity contribution in [3.8, 4) is 0 Å². The molecule has 3 aliphatic heterocycles. The number of benzene rings is 1. The van der Waals surface area contributed by atoms with Crippen LogP contribution in [-0.4, -0.2) is 63.7 Å². The van der Waals surface area contributed by atoms with Crippen LogP contribution in [0.5, 0.6) is 0 Å². The van der Waals surface area contributed by atoms with Crippen molar-refractivity contribution >= 4 is 41.2 Å². The average Bonchev–Trinajstić information content (AvgIpc) is 3.30. The molecule has 4 rings (SSSR count). The van der Waals surface area contributed by atoms with Crippen molar-refractivity contribution in [1.29, 1.82) is 0 Å². The number of rotatable bonds is 7. The second-order valence-electron chi connectivity index (χ2n) is 8.55. The Morgan fingerprint density at radius 2 is 1.91 bits per heavy atom. The number of thioether (sulfide) groups is 1. The molecule has 3 aliphatic rings. The van der Waals surface area contributed by atoms with Crippen LogP contribution >= 0.6 is 11.8 Å². The third-order valence-corrected chi connectivity index (χ3v) is 7.88. The quantitative estimate of drug-likeness (QED) is 0.235. The fraction of sp³-hybridized carbons (Fsp3) is 0.455. The number of carbonyl (C=O) groups is 4. The molecule has 3 N–H and O–H groups in total. The predicted octanol–water partition coefficient (Wildman–Crippen LogP) is -7.72. The van der Waals surface area contributed by atoms with E-state index in [1.807, 2.05) is 6.92 Å². The van der Waals surface area contributed by atoms with E-state index in [9.17, 15) is 34.5 Å². The summed E-state index contributed by atoms with van der Waals surface area (Å²) in [5, 5.41) is 38.4. The summed E-state index contributed by atoms with van der Waals surface area (Å²) in [6.07, 6.45) is -0.476. The van der Waals surface area contributed by atoms with Crippen molar-refractivity contribution in [3.05, 3.63) is 40.4 Å². The van der Waals surface area contributed by atoms with Crippen LogP contribution in [0.2, 0.25) is 0 Å². The first-order valence-electron chi connectivity index (χ1n) is 10.6. The number of fused-ring (bicyclic) bond motifs is 1. The minimum Gasteiger partial charge on any atom is -0.545 e. The zero-order valence-electron chi connectivity index (χ0n) is 19.9. The zero-order valence-corrected chi connectivity index (χ0v) is 24.8. The molecule has 176 valence electrons. The van der Waals surface area contributed by atoms with E-state index in [0.717, 1.165) is 0 Å². The first kappa shape index (κ1) is 30.3. The number of hydrogen-bond acceptors (Lipinski definition) is 9. The molecule has 6 atom stereocenters. The minimum absolute atomic E-state index is 0. The third-order valence-electron chi connectivity index (χ3n) is 6.37.